The van der Waals surface area contributed by atoms with E-state index in [1.165, 1.54) is 0 Å². The van der Waals surface area contributed by atoms with E-state index in [0.29, 0.717) is 25.4 Å². The summed E-state index contributed by atoms with van der Waals surface area (Å²) in [6.45, 7) is 2.52. The molecule has 0 aliphatic rings. The maximum Gasteiger partial charge on any atom is 0.333 e. The molecular formula is C36H30O4. The second-order valence-corrected chi connectivity index (χ2v) is 8.92. The Morgan fingerprint density at radius 3 is 1.85 bits per heavy atom. The van der Waals surface area contributed by atoms with E-state index in [1.54, 1.807) is 6.92 Å². The second-order valence-electron chi connectivity index (χ2n) is 8.92. The van der Waals surface area contributed by atoms with Gasteiger partial charge in [0.1, 0.15) is 12.4 Å². The topological polar surface area (TPSA) is 55.8 Å². The Balaban J connectivity index is 1.45. The van der Waals surface area contributed by atoms with E-state index >= 15 is 0 Å². The first-order chi connectivity index (χ1) is 19.6. The van der Waals surface area contributed by atoms with E-state index in [9.17, 15) is 9.90 Å². The average Bonchev–Trinajstić information content (AvgIpc) is 2.99. The Morgan fingerprint density at radius 2 is 1.32 bits per heavy atom. The van der Waals surface area contributed by atoms with Crippen LogP contribution >= 0.6 is 0 Å². The van der Waals surface area contributed by atoms with E-state index in [2.05, 4.69) is 23.7 Å². The minimum absolute atomic E-state index is 0.308. The molecule has 0 fully saturated rings. The van der Waals surface area contributed by atoms with Crippen molar-refractivity contribution in [2.75, 3.05) is 13.2 Å². The van der Waals surface area contributed by atoms with Crippen LogP contribution in [0, 0.1) is 23.7 Å². The van der Waals surface area contributed by atoms with Crippen LogP contribution in [0.1, 0.15) is 40.3 Å². The van der Waals surface area contributed by atoms with Crippen molar-refractivity contribution < 1.29 is 19.4 Å². The van der Waals surface area contributed by atoms with Crippen LogP contribution in [0.4, 0.5) is 0 Å². The molecule has 0 amide bonds. The molecule has 0 aliphatic carbocycles. The van der Waals surface area contributed by atoms with Crippen molar-refractivity contribution in [3.63, 3.8) is 0 Å². The first kappa shape index (κ1) is 28.0. The number of ether oxygens (including phenoxy) is 2. The first-order valence-electron chi connectivity index (χ1n) is 13.1. The number of carboxylic acids is 1. The minimum atomic E-state index is -0.961. The third-order valence-corrected chi connectivity index (χ3v) is 5.85. The smallest absolute Gasteiger partial charge is 0.333 e. The highest BCUT2D eigenvalue weighted by Gasteiger charge is 2.17. The first-order valence-corrected chi connectivity index (χ1v) is 13.1. The number of carboxylic acid groups (broad SMARTS) is 1. The molecule has 1 N–H and O–H groups in total. The number of aliphatic carboxylic acids is 1. The Labute approximate surface area is 235 Å². The summed E-state index contributed by atoms with van der Waals surface area (Å²) in [7, 11) is 0. The molecule has 0 aliphatic heterocycles. The van der Waals surface area contributed by atoms with Crippen molar-refractivity contribution in [1.82, 2.24) is 0 Å². The van der Waals surface area contributed by atoms with Crippen molar-refractivity contribution in [3.8, 4) is 29.4 Å². The van der Waals surface area contributed by atoms with Gasteiger partial charge in [-0.1, -0.05) is 78.3 Å². The molecule has 4 aromatic carbocycles. The Morgan fingerprint density at radius 1 is 0.775 bits per heavy atom. The molecule has 4 rings (SSSR count). The predicted molar refractivity (Wildman–Crippen MR) is 159 cm³/mol. The fraction of sp³-hybridized carbons (Fsp3) is 0.139. The highest BCUT2D eigenvalue weighted by atomic mass is 16.5. The molecule has 0 saturated carbocycles. The van der Waals surface area contributed by atoms with Crippen LogP contribution in [0.25, 0.3) is 6.08 Å². The van der Waals surface area contributed by atoms with Crippen LogP contribution in [0.3, 0.4) is 0 Å². The quantitative estimate of drug-likeness (QED) is 0.249. The van der Waals surface area contributed by atoms with Gasteiger partial charge in [0.05, 0.1) is 0 Å². The lowest BCUT2D eigenvalue weighted by Gasteiger charge is -2.12. The Kier molecular flexibility index (Phi) is 10.3. The molecule has 1 atom stereocenters. The van der Waals surface area contributed by atoms with Crippen LogP contribution in [0.5, 0.6) is 5.75 Å². The van der Waals surface area contributed by atoms with Gasteiger partial charge in [-0.2, -0.15) is 0 Å². The minimum Gasteiger partial charge on any atom is -0.490 e. The summed E-state index contributed by atoms with van der Waals surface area (Å²) in [5.74, 6) is 12.7. The Hall–Kier alpha value is -5.03. The van der Waals surface area contributed by atoms with Crippen molar-refractivity contribution in [3.05, 3.63) is 143 Å². The largest absolute Gasteiger partial charge is 0.490 e. The summed E-state index contributed by atoms with van der Waals surface area (Å²) in [4.78, 5) is 11.3. The van der Waals surface area contributed by atoms with Gasteiger partial charge in [-0.3, -0.25) is 0 Å². The highest BCUT2D eigenvalue weighted by molar-refractivity contribution is 5.72. The van der Waals surface area contributed by atoms with Crippen LogP contribution < -0.4 is 4.74 Å². The third-order valence-electron chi connectivity index (χ3n) is 5.85. The zero-order valence-electron chi connectivity index (χ0n) is 22.3. The Bertz CT molecular complexity index is 1470. The number of hydrogen-bond donors (Lipinski definition) is 1. The molecule has 0 spiro atoms. The maximum absolute atomic E-state index is 11.3. The summed E-state index contributed by atoms with van der Waals surface area (Å²) in [5, 5.41) is 9.28. The van der Waals surface area contributed by atoms with Gasteiger partial charge in [0.2, 0.25) is 0 Å². The lowest BCUT2D eigenvalue weighted by molar-refractivity contribution is -0.149. The summed E-state index contributed by atoms with van der Waals surface area (Å²) < 4.78 is 11.2. The second kappa shape index (κ2) is 14.8. The highest BCUT2D eigenvalue weighted by Crippen LogP contribution is 2.16. The maximum atomic E-state index is 11.3. The fourth-order valence-corrected chi connectivity index (χ4v) is 3.91. The van der Waals surface area contributed by atoms with Crippen molar-refractivity contribution in [2.45, 2.75) is 19.4 Å². The van der Waals surface area contributed by atoms with Crippen LogP contribution in [0.15, 0.2) is 109 Å². The van der Waals surface area contributed by atoms with Crippen molar-refractivity contribution >= 4 is 12.0 Å². The lowest BCUT2D eigenvalue weighted by atomic mass is 10.0. The molecule has 4 nitrogen and oxygen atoms in total. The summed E-state index contributed by atoms with van der Waals surface area (Å²) in [6, 6.07) is 33.3. The molecule has 0 saturated heterocycles. The van der Waals surface area contributed by atoms with Crippen LogP contribution in [-0.2, 0) is 16.0 Å². The fourth-order valence-electron chi connectivity index (χ4n) is 3.91. The molecule has 0 bridgehead atoms. The summed E-state index contributed by atoms with van der Waals surface area (Å²) in [5.41, 5.74) is 5.53. The van der Waals surface area contributed by atoms with E-state index in [1.807, 2.05) is 115 Å². The predicted octanol–water partition coefficient (Wildman–Crippen LogP) is 6.61. The molecule has 198 valence electrons. The molecular weight excluding hydrogens is 496 g/mol. The molecule has 0 unspecified atom stereocenters. The van der Waals surface area contributed by atoms with Gasteiger partial charge in [-0.15, -0.1) is 0 Å². The molecule has 0 heterocycles. The van der Waals surface area contributed by atoms with Gasteiger partial charge in [0.15, 0.2) is 6.10 Å². The number of benzene rings is 4. The number of carbonyl (C=O) groups is 1. The van der Waals surface area contributed by atoms with Gasteiger partial charge >= 0.3 is 5.97 Å². The normalized spacial score (nSPS) is 11.1. The molecule has 0 radical (unpaired) electrons. The van der Waals surface area contributed by atoms with Gasteiger partial charge < -0.3 is 14.6 Å². The molecule has 4 heteroatoms. The van der Waals surface area contributed by atoms with Gasteiger partial charge in [0, 0.05) is 35.3 Å². The molecule has 40 heavy (non-hydrogen) atoms. The summed E-state index contributed by atoms with van der Waals surface area (Å²) in [6.07, 6.45) is 3.40. The number of rotatable bonds is 9. The van der Waals surface area contributed by atoms with E-state index in [0.717, 1.165) is 33.4 Å². The SMILES string of the molecule is CCO[C@@H](Cc1ccc(OCC=Cc2cc(C#Cc3ccccc3)cc(C#Cc3ccccc3)c2)cc1)C(=O)O. The zero-order valence-corrected chi connectivity index (χ0v) is 22.3. The van der Waals surface area contributed by atoms with Gasteiger partial charge in [0.25, 0.3) is 0 Å². The lowest BCUT2D eigenvalue weighted by Crippen LogP contribution is -2.26. The number of hydrogen-bond acceptors (Lipinski definition) is 3. The van der Waals surface area contributed by atoms with Crippen molar-refractivity contribution in [1.29, 1.82) is 0 Å². The standard InChI is InChI=1S/C36H30O4/c1-2-39-35(36(37)38)27-30-19-21-34(22-20-30)40-23-9-14-31-24-32(17-15-28-10-5-3-6-11-28)26-33(25-31)18-16-29-12-7-4-8-13-29/h3-14,19-22,24-26,35H,2,23,27H2,1H3,(H,37,38)/t35-/m0/s1. The zero-order chi connectivity index (χ0) is 28.0. The summed E-state index contributed by atoms with van der Waals surface area (Å²) >= 11 is 0. The average molecular weight is 527 g/mol. The van der Waals surface area contributed by atoms with Crippen molar-refractivity contribution in [2.24, 2.45) is 0 Å². The van der Waals surface area contributed by atoms with Crippen LogP contribution in [-0.4, -0.2) is 30.4 Å². The van der Waals surface area contributed by atoms with E-state index < -0.39 is 12.1 Å². The van der Waals surface area contributed by atoms with Crippen LogP contribution in [0.2, 0.25) is 0 Å². The molecule has 4 aromatic rings. The van der Waals surface area contributed by atoms with E-state index in [4.69, 9.17) is 9.47 Å². The van der Waals surface area contributed by atoms with Gasteiger partial charge in [-0.05, 0) is 78.7 Å². The monoisotopic (exact) mass is 526 g/mol. The molecule has 0 aromatic heterocycles. The van der Waals surface area contributed by atoms with E-state index in [-0.39, 0.29) is 0 Å². The van der Waals surface area contributed by atoms with Gasteiger partial charge in [-0.25, -0.2) is 4.79 Å². The third kappa shape index (κ3) is 9.07.